The Kier molecular flexibility index (Phi) is 4.14. The van der Waals surface area contributed by atoms with Crippen LogP contribution in [0.5, 0.6) is 5.75 Å². The first-order valence-corrected chi connectivity index (χ1v) is 8.80. The molecule has 4 heteroatoms. The van der Waals surface area contributed by atoms with Gasteiger partial charge in [0.1, 0.15) is 12.4 Å². The van der Waals surface area contributed by atoms with Gasteiger partial charge >= 0.3 is 0 Å². The second-order valence-corrected chi connectivity index (χ2v) is 7.03. The lowest BCUT2D eigenvalue weighted by Crippen LogP contribution is -2.25. The van der Waals surface area contributed by atoms with Crippen molar-refractivity contribution in [3.63, 3.8) is 0 Å². The maximum absolute atomic E-state index is 5.98. The van der Waals surface area contributed by atoms with Crippen molar-refractivity contribution in [3.05, 3.63) is 59.8 Å². The van der Waals surface area contributed by atoms with Gasteiger partial charge in [-0.15, -0.1) is 0 Å². The van der Waals surface area contributed by atoms with Gasteiger partial charge in [-0.05, 0) is 29.8 Å². The van der Waals surface area contributed by atoms with E-state index in [1.165, 1.54) is 27.7 Å². The van der Waals surface area contributed by atoms with E-state index < -0.39 is 0 Å². The molecule has 2 heterocycles. The molecule has 0 aliphatic carbocycles. The predicted octanol–water partition coefficient (Wildman–Crippen LogP) is 3.64. The van der Waals surface area contributed by atoms with Crippen LogP contribution >= 0.6 is 0 Å². The quantitative estimate of drug-likeness (QED) is 0.729. The van der Waals surface area contributed by atoms with Crippen LogP contribution in [-0.4, -0.2) is 36.7 Å². The van der Waals surface area contributed by atoms with Crippen molar-refractivity contribution in [1.82, 2.24) is 9.47 Å². The molecule has 1 aliphatic heterocycles. The molecule has 0 bridgehead atoms. The summed E-state index contributed by atoms with van der Waals surface area (Å²) in [6.07, 6.45) is 2.26. The summed E-state index contributed by atoms with van der Waals surface area (Å²) < 4.78 is 8.20. The lowest BCUT2D eigenvalue weighted by atomic mass is 10.1. The third-order valence-corrected chi connectivity index (χ3v) is 4.99. The van der Waals surface area contributed by atoms with Gasteiger partial charge in [0, 0.05) is 69.1 Å². The summed E-state index contributed by atoms with van der Waals surface area (Å²) in [7, 11) is 6.27. The van der Waals surface area contributed by atoms with E-state index in [4.69, 9.17) is 4.74 Å². The van der Waals surface area contributed by atoms with Crippen molar-refractivity contribution in [3.8, 4) is 5.75 Å². The van der Waals surface area contributed by atoms with Crippen LogP contribution in [0.1, 0.15) is 11.1 Å². The number of benzene rings is 2. The lowest BCUT2D eigenvalue weighted by Gasteiger charge is -2.20. The third-order valence-electron chi connectivity index (χ3n) is 4.99. The summed E-state index contributed by atoms with van der Waals surface area (Å²) in [5, 5.41) is 1.34. The molecule has 0 N–H and O–H groups in total. The Labute approximate surface area is 149 Å². The molecule has 0 saturated carbocycles. The van der Waals surface area contributed by atoms with Gasteiger partial charge in [0.15, 0.2) is 0 Å². The molecule has 4 rings (SSSR count). The first kappa shape index (κ1) is 16.0. The van der Waals surface area contributed by atoms with Gasteiger partial charge in [-0.25, -0.2) is 0 Å². The molecule has 0 saturated heterocycles. The summed E-state index contributed by atoms with van der Waals surface area (Å²) >= 11 is 0. The standard InChI is InChI=1S/C21H25N3O/c1-22(2)18-8-9-21-16(12-18)14-24(10-11-25-21)15-17-13-23(3)20-7-5-4-6-19(17)20/h4-9,12-13H,10-11,14-15H2,1-3H3. The van der Waals surface area contributed by atoms with Crippen LogP contribution in [0.15, 0.2) is 48.7 Å². The fourth-order valence-electron chi connectivity index (χ4n) is 3.64. The normalized spacial score (nSPS) is 14.8. The first-order chi connectivity index (χ1) is 12.1. The van der Waals surface area contributed by atoms with Crippen LogP contribution in [0.4, 0.5) is 5.69 Å². The van der Waals surface area contributed by atoms with Gasteiger partial charge in [-0.2, -0.15) is 0 Å². The Morgan fingerprint density at radius 3 is 2.80 bits per heavy atom. The minimum Gasteiger partial charge on any atom is -0.492 e. The van der Waals surface area contributed by atoms with Crippen LogP contribution < -0.4 is 9.64 Å². The third kappa shape index (κ3) is 3.10. The van der Waals surface area contributed by atoms with Crippen molar-refractivity contribution < 1.29 is 4.74 Å². The number of aryl methyl sites for hydroxylation is 1. The monoisotopic (exact) mass is 335 g/mol. The van der Waals surface area contributed by atoms with Gasteiger partial charge < -0.3 is 14.2 Å². The van der Waals surface area contributed by atoms with Crippen LogP contribution in [0.3, 0.4) is 0 Å². The van der Waals surface area contributed by atoms with Gasteiger partial charge in [0.2, 0.25) is 0 Å². The Bertz CT molecular complexity index is 897. The minimum absolute atomic E-state index is 0.735. The molecule has 0 spiro atoms. The SMILES string of the molecule is CN(C)c1ccc2c(c1)CN(Cc1cn(C)c3ccccc13)CCO2. The number of hydrogen-bond acceptors (Lipinski definition) is 3. The van der Waals surface area contributed by atoms with Crippen LogP contribution in [0.25, 0.3) is 10.9 Å². The molecule has 130 valence electrons. The van der Waals surface area contributed by atoms with Gasteiger partial charge in [0.25, 0.3) is 0 Å². The molecule has 0 atom stereocenters. The summed E-state index contributed by atoms with van der Waals surface area (Å²) in [5.41, 5.74) is 5.16. The molecule has 3 aromatic rings. The highest BCUT2D eigenvalue weighted by molar-refractivity contribution is 5.83. The zero-order valence-corrected chi connectivity index (χ0v) is 15.2. The highest BCUT2D eigenvalue weighted by Crippen LogP contribution is 2.29. The van der Waals surface area contributed by atoms with Gasteiger partial charge in [-0.1, -0.05) is 18.2 Å². The molecule has 0 unspecified atom stereocenters. The fraction of sp³-hybridized carbons (Fsp3) is 0.333. The predicted molar refractivity (Wildman–Crippen MR) is 103 cm³/mol. The average molecular weight is 335 g/mol. The number of aromatic nitrogens is 1. The zero-order chi connectivity index (χ0) is 17.4. The number of rotatable bonds is 3. The van der Waals surface area contributed by atoms with Crippen LogP contribution in [0, 0.1) is 0 Å². The van der Waals surface area contributed by atoms with E-state index in [2.05, 4.69) is 84.2 Å². The van der Waals surface area contributed by atoms with E-state index in [-0.39, 0.29) is 0 Å². The molecule has 25 heavy (non-hydrogen) atoms. The molecular weight excluding hydrogens is 310 g/mol. The number of anilines is 1. The Balaban J connectivity index is 1.62. The maximum atomic E-state index is 5.98. The highest BCUT2D eigenvalue weighted by atomic mass is 16.5. The van der Waals surface area contributed by atoms with E-state index in [9.17, 15) is 0 Å². The molecule has 0 radical (unpaired) electrons. The second-order valence-electron chi connectivity index (χ2n) is 7.03. The lowest BCUT2D eigenvalue weighted by molar-refractivity contribution is 0.220. The van der Waals surface area contributed by atoms with Gasteiger partial charge in [0.05, 0.1) is 0 Å². The topological polar surface area (TPSA) is 20.6 Å². The first-order valence-electron chi connectivity index (χ1n) is 8.80. The van der Waals surface area contributed by atoms with Crippen molar-refractivity contribution in [1.29, 1.82) is 0 Å². The Hall–Kier alpha value is -2.46. The number of ether oxygens (including phenoxy) is 1. The van der Waals surface area contributed by atoms with Crippen molar-refractivity contribution in [2.75, 3.05) is 32.1 Å². The second kappa shape index (κ2) is 6.45. The minimum atomic E-state index is 0.735. The molecule has 1 aromatic heterocycles. The average Bonchev–Trinajstić information content (AvgIpc) is 2.79. The van der Waals surface area contributed by atoms with Crippen molar-refractivity contribution >= 4 is 16.6 Å². The Morgan fingerprint density at radius 1 is 1.12 bits per heavy atom. The summed E-state index contributed by atoms with van der Waals surface area (Å²) in [6, 6.07) is 15.1. The van der Waals surface area contributed by atoms with Crippen LogP contribution in [0.2, 0.25) is 0 Å². The largest absolute Gasteiger partial charge is 0.492 e. The van der Waals surface area contributed by atoms with Crippen molar-refractivity contribution in [2.24, 2.45) is 7.05 Å². The van der Waals surface area contributed by atoms with Crippen LogP contribution in [-0.2, 0) is 20.1 Å². The summed E-state index contributed by atoms with van der Waals surface area (Å²) in [5.74, 6) is 1.02. The number of para-hydroxylation sites is 1. The Morgan fingerprint density at radius 2 is 1.96 bits per heavy atom. The van der Waals surface area contributed by atoms with E-state index in [1.54, 1.807) is 0 Å². The smallest absolute Gasteiger partial charge is 0.124 e. The van der Waals surface area contributed by atoms with E-state index in [0.717, 1.165) is 32.0 Å². The molecular formula is C21H25N3O. The van der Waals surface area contributed by atoms with Gasteiger partial charge in [-0.3, -0.25) is 4.90 Å². The number of nitrogens with zero attached hydrogens (tertiary/aromatic N) is 3. The molecule has 0 fully saturated rings. The summed E-state index contributed by atoms with van der Waals surface area (Å²) in [4.78, 5) is 4.62. The van der Waals surface area contributed by atoms with E-state index >= 15 is 0 Å². The summed E-state index contributed by atoms with van der Waals surface area (Å²) in [6.45, 7) is 3.53. The molecule has 1 aliphatic rings. The highest BCUT2D eigenvalue weighted by Gasteiger charge is 2.18. The molecule has 4 nitrogen and oxygen atoms in total. The molecule has 0 amide bonds. The zero-order valence-electron chi connectivity index (χ0n) is 15.2. The maximum Gasteiger partial charge on any atom is 0.124 e. The number of fused-ring (bicyclic) bond motifs is 2. The fourth-order valence-corrected chi connectivity index (χ4v) is 3.64. The van der Waals surface area contributed by atoms with E-state index in [1.807, 2.05) is 0 Å². The number of hydrogen-bond donors (Lipinski definition) is 0. The molecule has 2 aromatic carbocycles. The van der Waals surface area contributed by atoms with E-state index in [0.29, 0.717) is 0 Å². The van der Waals surface area contributed by atoms with Crippen molar-refractivity contribution in [2.45, 2.75) is 13.1 Å².